The first-order chi connectivity index (χ1) is 8.88. The van der Waals surface area contributed by atoms with Crippen molar-refractivity contribution in [1.29, 1.82) is 0 Å². The summed E-state index contributed by atoms with van der Waals surface area (Å²) < 4.78 is 54.3. The second kappa shape index (κ2) is 5.08. The summed E-state index contributed by atoms with van der Waals surface area (Å²) in [6.07, 6.45) is 0. The van der Waals surface area contributed by atoms with Crippen molar-refractivity contribution in [2.75, 3.05) is 11.1 Å². The monoisotopic (exact) mass is 334 g/mol. The van der Waals surface area contributed by atoms with Crippen LogP contribution in [0.25, 0.3) is 0 Å². The van der Waals surface area contributed by atoms with Crippen molar-refractivity contribution in [2.24, 2.45) is 0 Å². The van der Waals surface area contributed by atoms with Gasteiger partial charge in [0.25, 0.3) is 0 Å². The van der Waals surface area contributed by atoms with E-state index in [1.807, 2.05) is 0 Å². The maximum atomic E-state index is 13.5. The number of nitrogens with two attached hydrogens (primary N) is 1. The highest BCUT2D eigenvalue weighted by molar-refractivity contribution is 9.10. The average Bonchev–Trinajstić information content (AvgIpc) is 2.25. The number of nitrogen functional groups attached to an aromatic ring is 1. The molecule has 0 atom stereocenters. The molecule has 0 aromatic heterocycles. The van der Waals surface area contributed by atoms with Crippen molar-refractivity contribution in [3.8, 4) is 0 Å². The quantitative estimate of drug-likeness (QED) is 0.633. The Bertz CT molecular complexity index is 544. The Morgan fingerprint density at radius 1 is 0.789 bits per heavy atom. The number of benzene rings is 2. The molecule has 7 heteroatoms. The van der Waals surface area contributed by atoms with E-state index < -0.39 is 34.6 Å². The summed E-state index contributed by atoms with van der Waals surface area (Å²) in [5.41, 5.74) is 3.79. The molecule has 0 aliphatic heterocycles. The molecule has 0 aliphatic rings. The van der Waals surface area contributed by atoms with Gasteiger partial charge in [-0.3, -0.25) is 0 Å². The fraction of sp³-hybridized carbons (Fsp3) is 0. The molecular formula is C12H7BrF4N2. The molecule has 0 amide bonds. The van der Waals surface area contributed by atoms with E-state index in [1.165, 1.54) is 0 Å². The number of halogens is 5. The molecule has 3 N–H and O–H groups in total. The standard InChI is InChI=1S/C12H7BrF4N2/c13-5-1-7(14)11(8(15)2-5)19-12-9(16)3-6(18)4-10(12)17/h1-4,19H,18H2. The van der Waals surface area contributed by atoms with Gasteiger partial charge in [-0.05, 0) is 24.3 Å². The Morgan fingerprint density at radius 3 is 1.58 bits per heavy atom. The molecule has 0 radical (unpaired) electrons. The van der Waals surface area contributed by atoms with Crippen molar-refractivity contribution < 1.29 is 17.6 Å². The van der Waals surface area contributed by atoms with Crippen LogP contribution < -0.4 is 11.1 Å². The highest BCUT2D eigenvalue weighted by atomic mass is 79.9. The maximum Gasteiger partial charge on any atom is 0.151 e. The minimum Gasteiger partial charge on any atom is -0.399 e. The largest absolute Gasteiger partial charge is 0.399 e. The summed E-state index contributed by atoms with van der Waals surface area (Å²) in [4.78, 5) is 0. The number of nitrogens with one attached hydrogen (secondary N) is 1. The second-order valence-corrected chi connectivity index (χ2v) is 4.64. The highest BCUT2D eigenvalue weighted by Gasteiger charge is 2.16. The van der Waals surface area contributed by atoms with Crippen LogP contribution in [0.2, 0.25) is 0 Å². The number of anilines is 3. The van der Waals surface area contributed by atoms with Crippen LogP contribution in [0.5, 0.6) is 0 Å². The van der Waals surface area contributed by atoms with E-state index in [0.29, 0.717) is 0 Å². The molecule has 0 saturated carbocycles. The summed E-state index contributed by atoms with van der Waals surface area (Å²) in [6, 6.07) is 3.64. The van der Waals surface area contributed by atoms with Gasteiger partial charge < -0.3 is 11.1 Å². The van der Waals surface area contributed by atoms with E-state index in [2.05, 4.69) is 21.2 Å². The molecule has 0 spiro atoms. The third-order valence-corrected chi connectivity index (χ3v) is 2.78. The normalized spacial score (nSPS) is 10.6. The molecule has 0 aliphatic carbocycles. The lowest BCUT2D eigenvalue weighted by atomic mass is 10.2. The maximum absolute atomic E-state index is 13.5. The van der Waals surface area contributed by atoms with E-state index in [4.69, 9.17) is 5.73 Å². The fourth-order valence-electron chi connectivity index (χ4n) is 1.50. The lowest BCUT2D eigenvalue weighted by Crippen LogP contribution is -2.03. The van der Waals surface area contributed by atoms with Gasteiger partial charge in [0.1, 0.15) is 11.4 Å². The van der Waals surface area contributed by atoms with Crippen LogP contribution >= 0.6 is 15.9 Å². The topological polar surface area (TPSA) is 38.0 Å². The average molecular weight is 335 g/mol. The minimum absolute atomic E-state index is 0.127. The molecule has 0 fully saturated rings. The van der Waals surface area contributed by atoms with Gasteiger partial charge in [0.2, 0.25) is 0 Å². The summed E-state index contributed by atoms with van der Waals surface area (Å²) >= 11 is 2.90. The fourth-order valence-corrected chi connectivity index (χ4v) is 1.90. The zero-order valence-corrected chi connectivity index (χ0v) is 10.9. The second-order valence-electron chi connectivity index (χ2n) is 3.73. The third kappa shape index (κ3) is 2.81. The van der Waals surface area contributed by atoms with Crippen molar-refractivity contribution in [2.45, 2.75) is 0 Å². The molecule has 100 valence electrons. The van der Waals surface area contributed by atoms with Crippen LogP contribution in [0.4, 0.5) is 34.6 Å². The molecule has 0 bridgehead atoms. The Kier molecular flexibility index (Phi) is 3.66. The Hall–Kier alpha value is -1.76. The lowest BCUT2D eigenvalue weighted by Gasteiger charge is -2.11. The van der Waals surface area contributed by atoms with Crippen LogP contribution in [0, 0.1) is 23.3 Å². The van der Waals surface area contributed by atoms with E-state index >= 15 is 0 Å². The predicted molar refractivity (Wildman–Crippen MR) is 68.1 cm³/mol. The number of hydrogen-bond acceptors (Lipinski definition) is 2. The number of hydrogen-bond donors (Lipinski definition) is 2. The van der Waals surface area contributed by atoms with Gasteiger partial charge in [-0.25, -0.2) is 17.6 Å². The molecule has 2 nitrogen and oxygen atoms in total. The van der Waals surface area contributed by atoms with Crippen LogP contribution in [-0.4, -0.2) is 0 Å². The zero-order chi connectivity index (χ0) is 14.2. The van der Waals surface area contributed by atoms with E-state index in [0.717, 1.165) is 24.3 Å². The lowest BCUT2D eigenvalue weighted by molar-refractivity contribution is 0.580. The molecule has 19 heavy (non-hydrogen) atoms. The molecule has 2 rings (SSSR count). The van der Waals surface area contributed by atoms with Gasteiger partial charge in [0.15, 0.2) is 23.3 Å². The van der Waals surface area contributed by atoms with Gasteiger partial charge >= 0.3 is 0 Å². The minimum atomic E-state index is -1.04. The van der Waals surface area contributed by atoms with Crippen LogP contribution in [-0.2, 0) is 0 Å². The molecular weight excluding hydrogens is 328 g/mol. The first-order valence-corrected chi connectivity index (χ1v) is 5.84. The van der Waals surface area contributed by atoms with Crippen LogP contribution in [0.15, 0.2) is 28.7 Å². The summed E-state index contributed by atoms with van der Waals surface area (Å²) in [6.45, 7) is 0. The molecule has 0 saturated heterocycles. The van der Waals surface area contributed by atoms with Crippen molar-refractivity contribution in [1.82, 2.24) is 0 Å². The Morgan fingerprint density at radius 2 is 1.16 bits per heavy atom. The molecule has 0 heterocycles. The van der Waals surface area contributed by atoms with E-state index in [1.54, 1.807) is 0 Å². The Balaban J connectivity index is 2.48. The zero-order valence-electron chi connectivity index (χ0n) is 9.28. The SMILES string of the molecule is Nc1cc(F)c(Nc2c(F)cc(Br)cc2F)c(F)c1. The van der Waals surface area contributed by atoms with Crippen LogP contribution in [0.1, 0.15) is 0 Å². The van der Waals surface area contributed by atoms with Crippen molar-refractivity contribution >= 4 is 33.0 Å². The Labute approximate surface area is 114 Å². The summed E-state index contributed by atoms with van der Waals surface area (Å²) in [5, 5.41) is 2.06. The molecule has 2 aromatic rings. The van der Waals surface area contributed by atoms with Gasteiger partial charge in [-0.2, -0.15) is 0 Å². The smallest absolute Gasteiger partial charge is 0.151 e. The highest BCUT2D eigenvalue weighted by Crippen LogP contribution is 2.30. The summed E-state index contributed by atoms with van der Waals surface area (Å²) in [7, 11) is 0. The van der Waals surface area contributed by atoms with Gasteiger partial charge in [-0.1, -0.05) is 15.9 Å². The third-order valence-electron chi connectivity index (χ3n) is 2.32. The van der Waals surface area contributed by atoms with E-state index in [-0.39, 0.29) is 10.2 Å². The predicted octanol–water partition coefficient (Wildman–Crippen LogP) is 4.33. The number of rotatable bonds is 2. The van der Waals surface area contributed by atoms with Crippen molar-refractivity contribution in [3.63, 3.8) is 0 Å². The first kappa shape index (κ1) is 13.7. The molecule has 2 aromatic carbocycles. The van der Waals surface area contributed by atoms with Gasteiger partial charge in [-0.15, -0.1) is 0 Å². The first-order valence-electron chi connectivity index (χ1n) is 5.04. The van der Waals surface area contributed by atoms with Crippen molar-refractivity contribution in [3.05, 3.63) is 52.0 Å². The van der Waals surface area contributed by atoms with Crippen LogP contribution in [0.3, 0.4) is 0 Å². The van der Waals surface area contributed by atoms with Gasteiger partial charge in [0.05, 0.1) is 0 Å². The van der Waals surface area contributed by atoms with E-state index in [9.17, 15) is 17.6 Å². The molecule has 0 unspecified atom stereocenters. The summed E-state index contributed by atoms with van der Waals surface area (Å²) in [5.74, 6) is -4.05. The van der Waals surface area contributed by atoms with Gasteiger partial charge in [0, 0.05) is 10.2 Å².